The van der Waals surface area contributed by atoms with Gasteiger partial charge in [0.25, 0.3) is 5.69 Å². The molecule has 0 spiro atoms. The van der Waals surface area contributed by atoms with E-state index in [2.05, 4.69) is 10.1 Å². The Morgan fingerprint density at radius 1 is 1.30 bits per heavy atom. The van der Waals surface area contributed by atoms with Crippen LogP contribution >= 0.6 is 0 Å². The van der Waals surface area contributed by atoms with Gasteiger partial charge in [0, 0.05) is 23.7 Å². The number of nitro benzene ring substituents is 1. The third kappa shape index (κ3) is 2.27. The summed E-state index contributed by atoms with van der Waals surface area (Å²) in [5, 5.41) is 14.5. The van der Waals surface area contributed by atoms with Crippen LogP contribution in [0.5, 0.6) is 0 Å². The van der Waals surface area contributed by atoms with Crippen LogP contribution in [0.2, 0.25) is 0 Å². The Bertz CT molecular complexity index is 623. The SMILES string of the molecule is NC1CCCC1c1nc(-c2ccc([N+](=O)[O-])cc2)no1. The highest BCUT2D eigenvalue weighted by atomic mass is 16.6. The highest BCUT2D eigenvalue weighted by Crippen LogP contribution is 2.33. The minimum absolute atomic E-state index is 0.0373. The predicted molar refractivity (Wildman–Crippen MR) is 71.0 cm³/mol. The van der Waals surface area contributed by atoms with Gasteiger partial charge in [0.1, 0.15) is 0 Å². The second kappa shape index (κ2) is 5.01. The summed E-state index contributed by atoms with van der Waals surface area (Å²) in [6.45, 7) is 0. The Hall–Kier alpha value is -2.28. The maximum Gasteiger partial charge on any atom is 0.269 e. The van der Waals surface area contributed by atoms with Gasteiger partial charge < -0.3 is 10.3 Å². The van der Waals surface area contributed by atoms with Crippen molar-refractivity contribution in [2.75, 3.05) is 0 Å². The van der Waals surface area contributed by atoms with E-state index >= 15 is 0 Å². The molecule has 0 saturated heterocycles. The molecule has 2 N–H and O–H groups in total. The van der Waals surface area contributed by atoms with Crippen LogP contribution in [0, 0.1) is 10.1 Å². The van der Waals surface area contributed by atoms with Gasteiger partial charge in [-0.05, 0) is 25.0 Å². The van der Waals surface area contributed by atoms with E-state index in [0.717, 1.165) is 19.3 Å². The lowest BCUT2D eigenvalue weighted by atomic mass is 10.1. The van der Waals surface area contributed by atoms with Crippen molar-refractivity contribution in [1.82, 2.24) is 10.1 Å². The van der Waals surface area contributed by atoms with Crippen LogP contribution < -0.4 is 5.73 Å². The molecule has 1 aliphatic carbocycles. The van der Waals surface area contributed by atoms with Crippen molar-refractivity contribution in [2.24, 2.45) is 5.73 Å². The quantitative estimate of drug-likeness (QED) is 0.679. The van der Waals surface area contributed by atoms with Gasteiger partial charge in [-0.2, -0.15) is 4.98 Å². The fourth-order valence-corrected chi connectivity index (χ4v) is 2.53. The second-order valence-electron chi connectivity index (χ2n) is 4.96. The number of hydrogen-bond acceptors (Lipinski definition) is 6. The lowest BCUT2D eigenvalue weighted by molar-refractivity contribution is -0.384. The van der Waals surface area contributed by atoms with Gasteiger partial charge in [-0.1, -0.05) is 11.6 Å². The van der Waals surface area contributed by atoms with E-state index in [1.165, 1.54) is 12.1 Å². The van der Waals surface area contributed by atoms with E-state index in [1.54, 1.807) is 12.1 Å². The van der Waals surface area contributed by atoms with Crippen molar-refractivity contribution < 1.29 is 9.45 Å². The summed E-state index contributed by atoms with van der Waals surface area (Å²) in [6.07, 6.45) is 3.00. The van der Waals surface area contributed by atoms with Crippen molar-refractivity contribution in [1.29, 1.82) is 0 Å². The molecule has 2 aromatic rings. The third-order valence-corrected chi connectivity index (χ3v) is 3.66. The molecule has 0 amide bonds. The number of nitrogens with two attached hydrogens (primary N) is 1. The van der Waals surface area contributed by atoms with Crippen LogP contribution in [-0.4, -0.2) is 21.1 Å². The number of aromatic nitrogens is 2. The smallest absolute Gasteiger partial charge is 0.269 e. The fraction of sp³-hybridized carbons (Fsp3) is 0.385. The Morgan fingerprint density at radius 3 is 2.65 bits per heavy atom. The number of nitro groups is 1. The van der Waals surface area contributed by atoms with Gasteiger partial charge in [-0.3, -0.25) is 10.1 Å². The number of benzene rings is 1. The molecule has 2 unspecified atom stereocenters. The minimum atomic E-state index is -0.441. The van der Waals surface area contributed by atoms with E-state index < -0.39 is 4.92 Å². The van der Waals surface area contributed by atoms with Crippen molar-refractivity contribution in [2.45, 2.75) is 31.2 Å². The van der Waals surface area contributed by atoms with Crippen molar-refractivity contribution >= 4 is 5.69 Å². The van der Waals surface area contributed by atoms with Gasteiger partial charge in [-0.15, -0.1) is 0 Å². The Balaban J connectivity index is 1.84. The molecule has 3 rings (SSSR count). The summed E-state index contributed by atoms with van der Waals surface area (Å²) in [5.41, 5.74) is 6.74. The first-order chi connectivity index (χ1) is 9.65. The van der Waals surface area contributed by atoms with Crippen molar-refractivity contribution in [3.63, 3.8) is 0 Å². The summed E-state index contributed by atoms with van der Waals surface area (Å²) >= 11 is 0. The lowest BCUT2D eigenvalue weighted by Gasteiger charge is -2.08. The van der Waals surface area contributed by atoms with Crippen molar-refractivity contribution in [3.05, 3.63) is 40.3 Å². The number of rotatable bonds is 3. The Morgan fingerprint density at radius 2 is 2.05 bits per heavy atom. The summed E-state index contributed by atoms with van der Waals surface area (Å²) in [4.78, 5) is 14.5. The molecule has 104 valence electrons. The van der Waals surface area contributed by atoms with Gasteiger partial charge in [0.15, 0.2) is 0 Å². The largest absolute Gasteiger partial charge is 0.339 e. The first kappa shape index (κ1) is 12.7. The fourth-order valence-electron chi connectivity index (χ4n) is 2.53. The zero-order valence-electron chi connectivity index (χ0n) is 10.7. The third-order valence-electron chi connectivity index (χ3n) is 3.66. The number of non-ortho nitro benzene ring substituents is 1. The molecule has 2 atom stereocenters. The van der Waals surface area contributed by atoms with Crippen LogP contribution in [-0.2, 0) is 0 Å². The molecule has 1 aromatic carbocycles. The van der Waals surface area contributed by atoms with Gasteiger partial charge >= 0.3 is 0 Å². The molecule has 0 radical (unpaired) electrons. The normalized spacial score (nSPS) is 22.1. The Kier molecular flexibility index (Phi) is 3.19. The molecule has 7 nitrogen and oxygen atoms in total. The highest BCUT2D eigenvalue weighted by molar-refractivity contribution is 5.56. The molecule has 1 aromatic heterocycles. The maximum absolute atomic E-state index is 10.6. The van der Waals surface area contributed by atoms with E-state index in [-0.39, 0.29) is 17.6 Å². The zero-order valence-corrected chi connectivity index (χ0v) is 10.7. The van der Waals surface area contributed by atoms with Crippen LogP contribution in [0.3, 0.4) is 0 Å². The molecule has 7 heteroatoms. The molecular weight excluding hydrogens is 260 g/mol. The number of hydrogen-bond donors (Lipinski definition) is 1. The number of nitrogens with zero attached hydrogens (tertiary/aromatic N) is 3. The van der Waals surface area contributed by atoms with Crippen molar-refractivity contribution in [3.8, 4) is 11.4 Å². The average molecular weight is 274 g/mol. The minimum Gasteiger partial charge on any atom is -0.339 e. The topological polar surface area (TPSA) is 108 Å². The summed E-state index contributed by atoms with van der Waals surface area (Å²) in [6, 6.07) is 6.14. The molecule has 0 aliphatic heterocycles. The maximum atomic E-state index is 10.6. The molecule has 1 fully saturated rings. The molecule has 1 heterocycles. The molecule has 20 heavy (non-hydrogen) atoms. The first-order valence-electron chi connectivity index (χ1n) is 6.49. The summed E-state index contributed by atoms with van der Waals surface area (Å²) in [7, 11) is 0. The zero-order chi connectivity index (χ0) is 14.1. The monoisotopic (exact) mass is 274 g/mol. The Labute approximate surface area is 114 Å². The van der Waals surface area contributed by atoms with Gasteiger partial charge in [0.05, 0.1) is 10.8 Å². The van der Waals surface area contributed by atoms with Crippen LogP contribution in [0.1, 0.15) is 31.1 Å². The molecular formula is C13H14N4O3. The van der Waals surface area contributed by atoms with E-state index in [1.807, 2.05) is 0 Å². The van der Waals surface area contributed by atoms with Crippen LogP contribution in [0.4, 0.5) is 5.69 Å². The predicted octanol–water partition coefficient (Wildman–Crippen LogP) is 2.24. The van der Waals surface area contributed by atoms with Gasteiger partial charge in [0.2, 0.25) is 11.7 Å². The van der Waals surface area contributed by atoms with E-state index in [4.69, 9.17) is 10.3 Å². The molecule has 1 saturated carbocycles. The summed E-state index contributed by atoms with van der Waals surface area (Å²) < 4.78 is 5.28. The lowest BCUT2D eigenvalue weighted by Crippen LogP contribution is -2.22. The first-order valence-corrected chi connectivity index (χ1v) is 6.49. The summed E-state index contributed by atoms with van der Waals surface area (Å²) in [5.74, 6) is 1.12. The highest BCUT2D eigenvalue weighted by Gasteiger charge is 2.30. The standard InChI is InChI=1S/C13H14N4O3/c14-11-3-1-2-10(11)13-15-12(16-20-13)8-4-6-9(7-5-8)17(18)19/h4-7,10-11H,1-3,14H2. The average Bonchev–Trinajstić information content (AvgIpc) is 3.07. The second-order valence-corrected chi connectivity index (χ2v) is 4.96. The van der Waals surface area contributed by atoms with E-state index in [9.17, 15) is 10.1 Å². The molecule has 1 aliphatic rings. The van der Waals surface area contributed by atoms with Crippen LogP contribution in [0.15, 0.2) is 28.8 Å². The van der Waals surface area contributed by atoms with E-state index in [0.29, 0.717) is 17.3 Å². The van der Waals surface area contributed by atoms with Crippen LogP contribution in [0.25, 0.3) is 11.4 Å². The molecule has 0 bridgehead atoms. The van der Waals surface area contributed by atoms with Gasteiger partial charge in [-0.25, -0.2) is 0 Å².